The van der Waals surface area contributed by atoms with Crippen LogP contribution in [0.3, 0.4) is 0 Å². The van der Waals surface area contributed by atoms with Gasteiger partial charge in [0.2, 0.25) is 0 Å². The molecule has 4 rings (SSSR count). The molecule has 0 radical (unpaired) electrons. The molecule has 0 spiro atoms. The second kappa shape index (κ2) is 6.97. The highest BCUT2D eigenvalue weighted by molar-refractivity contribution is 5.52. The van der Waals surface area contributed by atoms with Crippen molar-refractivity contribution in [2.24, 2.45) is 0 Å². The van der Waals surface area contributed by atoms with E-state index in [9.17, 15) is 0 Å². The van der Waals surface area contributed by atoms with Crippen LogP contribution in [0.4, 0.5) is 11.6 Å². The predicted octanol–water partition coefficient (Wildman–Crippen LogP) is 0.930. The largest absolute Gasteiger partial charge is 0.397 e. The van der Waals surface area contributed by atoms with Gasteiger partial charge in [-0.3, -0.25) is 4.90 Å². The first-order valence-electron chi connectivity index (χ1n) is 8.92. The number of hydrogen-bond acceptors (Lipinski definition) is 8. The van der Waals surface area contributed by atoms with Gasteiger partial charge in [-0.15, -0.1) is 0 Å². The van der Waals surface area contributed by atoms with Gasteiger partial charge in [-0.2, -0.15) is 4.98 Å². The minimum atomic E-state index is 0.441. The summed E-state index contributed by atoms with van der Waals surface area (Å²) in [4.78, 5) is 16.0. The number of aromatic nitrogens is 3. The minimum absolute atomic E-state index is 0.441. The first-order valence-corrected chi connectivity index (χ1v) is 8.92. The van der Waals surface area contributed by atoms with Crippen molar-refractivity contribution in [3.63, 3.8) is 0 Å². The van der Waals surface area contributed by atoms with Crippen molar-refractivity contribution in [2.75, 3.05) is 56.9 Å². The molecule has 4 heterocycles. The number of nitrogens with two attached hydrogens (primary N) is 1. The summed E-state index contributed by atoms with van der Waals surface area (Å²) in [5.74, 6) is 1.10. The van der Waals surface area contributed by atoms with Gasteiger partial charge in [-0.05, 0) is 37.2 Å². The second-order valence-electron chi connectivity index (χ2n) is 6.93. The quantitative estimate of drug-likeness (QED) is 0.881. The first-order chi connectivity index (χ1) is 12.2. The third-order valence-corrected chi connectivity index (χ3v) is 5.22. The van der Waals surface area contributed by atoms with Gasteiger partial charge >= 0.3 is 0 Å². The maximum Gasteiger partial charge on any atom is 0.278 e. The van der Waals surface area contributed by atoms with Crippen LogP contribution in [0.15, 0.2) is 22.9 Å². The Balaban J connectivity index is 1.36. The number of nitrogen functional groups attached to an aromatic ring is 1. The van der Waals surface area contributed by atoms with Gasteiger partial charge in [0.15, 0.2) is 0 Å². The zero-order chi connectivity index (χ0) is 17.2. The van der Waals surface area contributed by atoms with Crippen molar-refractivity contribution in [3.05, 3.63) is 18.3 Å². The van der Waals surface area contributed by atoms with Gasteiger partial charge in [0.05, 0.1) is 11.9 Å². The molecule has 8 nitrogen and oxygen atoms in total. The van der Waals surface area contributed by atoms with Crippen LogP contribution in [-0.4, -0.2) is 77.3 Å². The Kier molecular flexibility index (Phi) is 4.54. The topological polar surface area (TPSA) is 87.5 Å². The van der Waals surface area contributed by atoms with Crippen molar-refractivity contribution in [1.29, 1.82) is 0 Å². The lowest BCUT2D eigenvalue weighted by atomic mass is 10.0. The maximum atomic E-state index is 5.66. The van der Waals surface area contributed by atoms with Crippen molar-refractivity contribution in [1.82, 2.24) is 24.9 Å². The Hall–Kier alpha value is -2.19. The van der Waals surface area contributed by atoms with Gasteiger partial charge in [-0.25, -0.2) is 4.98 Å². The van der Waals surface area contributed by atoms with Crippen LogP contribution >= 0.6 is 0 Å². The monoisotopic (exact) mass is 343 g/mol. The van der Waals surface area contributed by atoms with E-state index in [1.807, 2.05) is 0 Å². The van der Waals surface area contributed by atoms with Crippen molar-refractivity contribution >= 4 is 11.6 Å². The molecule has 2 aromatic rings. The summed E-state index contributed by atoms with van der Waals surface area (Å²) in [6.07, 6.45) is 3.89. The van der Waals surface area contributed by atoms with Crippen molar-refractivity contribution in [3.8, 4) is 11.6 Å². The van der Waals surface area contributed by atoms with Gasteiger partial charge in [-0.1, -0.05) is 0 Å². The zero-order valence-electron chi connectivity index (χ0n) is 14.6. The molecule has 2 fully saturated rings. The van der Waals surface area contributed by atoms with E-state index in [1.54, 1.807) is 18.3 Å². The molecule has 0 saturated carbocycles. The molecule has 25 heavy (non-hydrogen) atoms. The predicted molar refractivity (Wildman–Crippen MR) is 96.2 cm³/mol. The Morgan fingerprint density at radius 1 is 1.08 bits per heavy atom. The number of piperazine rings is 1. The summed E-state index contributed by atoms with van der Waals surface area (Å²) in [6.45, 7) is 6.62. The van der Waals surface area contributed by atoms with E-state index in [-0.39, 0.29) is 0 Å². The first kappa shape index (κ1) is 16.3. The number of likely N-dealkylation sites (N-methyl/N-ethyl adjacent to an activating group) is 1. The Labute approximate surface area is 147 Å². The Bertz CT molecular complexity index is 685. The molecule has 0 aromatic carbocycles. The lowest BCUT2D eigenvalue weighted by Crippen LogP contribution is -2.52. The van der Waals surface area contributed by atoms with E-state index in [0.29, 0.717) is 29.3 Å². The molecule has 0 bridgehead atoms. The van der Waals surface area contributed by atoms with Crippen LogP contribution in [0.2, 0.25) is 0 Å². The molecule has 2 saturated heterocycles. The molecular formula is C17H25N7O. The highest BCUT2D eigenvalue weighted by Gasteiger charge is 2.28. The fourth-order valence-corrected chi connectivity index (χ4v) is 3.60. The third kappa shape index (κ3) is 3.59. The van der Waals surface area contributed by atoms with E-state index in [0.717, 1.165) is 25.9 Å². The lowest BCUT2D eigenvalue weighted by molar-refractivity contribution is 0.0980. The van der Waals surface area contributed by atoms with E-state index in [2.05, 4.69) is 36.9 Å². The lowest BCUT2D eigenvalue weighted by Gasteiger charge is -2.41. The SMILES string of the molecule is CN1CCN(C2CCN(c3noc(-c4ccc(N)cn4)n3)CC2)CC1. The van der Waals surface area contributed by atoms with E-state index in [1.165, 1.54) is 26.2 Å². The number of rotatable bonds is 3. The average molecular weight is 343 g/mol. The van der Waals surface area contributed by atoms with Gasteiger partial charge in [0.25, 0.3) is 11.8 Å². The maximum absolute atomic E-state index is 5.66. The van der Waals surface area contributed by atoms with E-state index >= 15 is 0 Å². The van der Waals surface area contributed by atoms with E-state index in [4.69, 9.17) is 10.3 Å². The third-order valence-electron chi connectivity index (χ3n) is 5.22. The molecule has 2 aliphatic rings. The molecule has 2 aromatic heterocycles. The molecule has 0 aliphatic carbocycles. The van der Waals surface area contributed by atoms with Crippen molar-refractivity contribution in [2.45, 2.75) is 18.9 Å². The summed E-state index contributed by atoms with van der Waals surface area (Å²) >= 11 is 0. The fourth-order valence-electron chi connectivity index (χ4n) is 3.60. The summed E-state index contributed by atoms with van der Waals surface area (Å²) in [6, 6.07) is 4.26. The molecule has 2 aliphatic heterocycles. The Morgan fingerprint density at radius 2 is 1.84 bits per heavy atom. The minimum Gasteiger partial charge on any atom is -0.397 e. The van der Waals surface area contributed by atoms with Crippen LogP contribution in [0.25, 0.3) is 11.6 Å². The molecule has 2 N–H and O–H groups in total. The summed E-state index contributed by atoms with van der Waals surface area (Å²) in [5, 5.41) is 4.13. The Morgan fingerprint density at radius 3 is 2.52 bits per heavy atom. The molecule has 0 amide bonds. The molecule has 0 atom stereocenters. The van der Waals surface area contributed by atoms with Gasteiger partial charge < -0.3 is 20.1 Å². The molecule has 0 unspecified atom stereocenters. The molecule has 134 valence electrons. The smallest absolute Gasteiger partial charge is 0.278 e. The number of anilines is 2. The zero-order valence-corrected chi connectivity index (χ0v) is 14.6. The second-order valence-corrected chi connectivity index (χ2v) is 6.93. The normalized spacial score (nSPS) is 20.9. The number of nitrogens with zero attached hydrogens (tertiary/aromatic N) is 6. The van der Waals surface area contributed by atoms with Crippen LogP contribution in [0.1, 0.15) is 12.8 Å². The van der Waals surface area contributed by atoms with E-state index < -0.39 is 0 Å². The van der Waals surface area contributed by atoms with Gasteiger partial charge in [0, 0.05) is 45.3 Å². The van der Waals surface area contributed by atoms with Crippen LogP contribution in [0.5, 0.6) is 0 Å². The van der Waals surface area contributed by atoms with Crippen LogP contribution in [-0.2, 0) is 0 Å². The standard InChI is InChI=1S/C17H25N7O/c1-22-8-10-23(11-9-22)14-4-6-24(7-5-14)17-20-16(25-21-17)15-3-2-13(18)12-19-15/h2-3,12,14H,4-11,18H2,1H3. The van der Waals surface area contributed by atoms with Crippen molar-refractivity contribution < 1.29 is 4.52 Å². The van der Waals surface area contributed by atoms with Gasteiger partial charge in [0.1, 0.15) is 5.69 Å². The summed E-state index contributed by atoms with van der Waals surface area (Å²) in [7, 11) is 2.20. The highest BCUT2D eigenvalue weighted by atomic mass is 16.5. The molecular weight excluding hydrogens is 318 g/mol. The highest BCUT2D eigenvalue weighted by Crippen LogP contribution is 2.24. The fraction of sp³-hybridized carbons (Fsp3) is 0.588. The van der Waals surface area contributed by atoms with Crippen LogP contribution in [0, 0.1) is 0 Å². The number of pyridine rings is 1. The number of piperidine rings is 1. The number of hydrogen-bond donors (Lipinski definition) is 1. The molecule has 8 heteroatoms. The average Bonchev–Trinajstić information content (AvgIpc) is 3.13. The van der Waals surface area contributed by atoms with Crippen LogP contribution < -0.4 is 10.6 Å². The summed E-state index contributed by atoms with van der Waals surface area (Å²) < 4.78 is 5.38. The summed E-state index contributed by atoms with van der Waals surface area (Å²) in [5.41, 5.74) is 6.94.